The van der Waals surface area contributed by atoms with Crippen LogP contribution >= 0.6 is 0 Å². The fraction of sp³-hybridized carbons (Fsp3) is 0.917. The largest absolute Gasteiger partial charge is 0.245 e. The molecule has 0 bridgehead atoms. The summed E-state index contributed by atoms with van der Waals surface area (Å²) in [6.45, 7) is 7.07. The highest BCUT2D eigenvalue weighted by Crippen LogP contribution is 2.48. The van der Waals surface area contributed by atoms with Crippen LogP contribution in [0.2, 0.25) is 0 Å². The summed E-state index contributed by atoms with van der Waals surface area (Å²) in [5, 5.41) is 0. The molecule has 1 aliphatic carbocycles. The van der Waals surface area contributed by atoms with Gasteiger partial charge in [-0.05, 0) is 17.8 Å². The lowest BCUT2D eigenvalue weighted by atomic mass is 9.56. The molecule has 1 aliphatic rings. The first kappa shape index (κ1) is 10.7. The lowest BCUT2D eigenvalue weighted by Crippen LogP contribution is -2.46. The topological polar surface area (TPSA) is 3.01 Å². The van der Waals surface area contributed by atoms with Crippen LogP contribution < -0.4 is 0 Å². The summed E-state index contributed by atoms with van der Waals surface area (Å²) in [5.74, 6) is 3.66. The maximum absolute atomic E-state index is 2.41. The molecule has 76 valence electrons. The molecule has 0 saturated heterocycles. The fourth-order valence-corrected chi connectivity index (χ4v) is 3.05. The Kier molecular flexibility index (Phi) is 3.52. The molecule has 0 N–H and O–H groups in total. The Bertz CT molecular complexity index is 191. The Balaban J connectivity index is 2.62. The normalized spacial score (nSPS) is 38.2. The molecule has 1 saturated carbocycles. The summed E-state index contributed by atoms with van der Waals surface area (Å²) in [6, 6.07) is 0. The Morgan fingerprint density at radius 1 is 1.08 bits per heavy atom. The van der Waals surface area contributed by atoms with Crippen molar-refractivity contribution >= 4 is 6.21 Å². The van der Waals surface area contributed by atoms with Crippen molar-refractivity contribution in [3.63, 3.8) is 0 Å². The van der Waals surface area contributed by atoms with Gasteiger partial charge in [0.15, 0.2) is 0 Å². The number of rotatable bonds is 3. The summed E-state index contributed by atoms with van der Waals surface area (Å²) >= 11 is 0. The first-order valence-corrected chi connectivity index (χ1v) is 5.63. The molecule has 1 nitrogen and oxygen atoms in total. The molecule has 4 atom stereocenters. The predicted octanol–water partition coefficient (Wildman–Crippen LogP) is 2.65. The lowest BCUT2D eigenvalue weighted by molar-refractivity contribution is -0.463. The van der Waals surface area contributed by atoms with Gasteiger partial charge < -0.3 is 0 Å². The van der Waals surface area contributed by atoms with Crippen molar-refractivity contribution in [2.75, 3.05) is 14.1 Å². The van der Waals surface area contributed by atoms with E-state index < -0.39 is 0 Å². The van der Waals surface area contributed by atoms with Gasteiger partial charge in [-0.2, -0.15) is 0 Å². The quantitative estimate of drug-likeness (QED) is 0.466. The van der Waals surface area contributed by atoms with Crippen LogP contribution in [0.15, 0.2) is 0 Å². The molecule has 0 aromatic rings. The van der Waals surface area contributed by atoms with Crippen molar-refractivity contribution in [2.45, 2.75) is 33.6 Å². The molecular formula is C12H24N+. The van der Waals surface area contributed by atoms with Crippen molar-refractivity contribution < 1.29 is 4.58 Å². The highest BCUT2D eigenvalue weighted by molar-refractivity contribution is 5.58. The van der Waals surface area contributed by atoms with E-state index >= 15 is 0 Å². The van der Waals surface area contributed by atoms with E-state index in [1.807, 2.05) is 0 Å². The standard InChI is InChI=1S/C12H24N/c1-6-10-9(3)12(8-13(4)5)11(10)7-2/h8-12H,6-7H2,1-5H3/q+1. The first-order chi connectivity index (χ1) is 6.11. The van der Waals surface area contributed by atoms with E-state index in [4.69, 9.17) is 0 Å². The van der Waals surface area contributed by atoms with Crippen molar-refractivity contribution in [3.8, 4) is 0 Å². The van der Waals surface area contributed by atoms with E-state index in [9.17, 15) is 0 Å². The molecule has 0 aliphatic heterocycles. The van der Waals surface area contributed by atoms with Crippen LogP contribution in [0.4, 0.5) is 0 Å². The number of hydrogen-bond donors (Lipinski definition) is 0. The van der Waals surface area contributed by atoms with Crippen LogP contribution in [0.1, 0.15) is 33.6 Å². The highest BCUT2D eigenvalue weighted by Gasteiger charge is 2.45. The van der Waals surface area contributed by atoms with Crippen LogP contribution in [0.3, 0.4) is 0 Å². The number of hydrogen-bond acceptors (Lipinski definition) is 0. The molecule has 0 amide bonds. The molecule has 0 aromatic carbocycles. The summed E-state index contributed by atoms with van der Waals surface area (Å²) in [4.78, 5) is 0. The van der Waals surface area contributed by atoms with Crippen LogP contribution in [-0.4, -0.2) is 24.9 Å². The third-order valence-electron chi connectivity index (χ3n) is 3.74. The van der Waals surface area contributed by atoms with Crippen molar-refractivity contribution in [1.82, 2.24) is 0 Å². The average molecular weight is 182 g/mol. The zero-order valence-electron chi connectivity index (χ0n) is 9.75. The van der Waals surface area contributed by atoms with Crippen molar-refractivity contribution in [2.24, 2.45) is 23.7 Å². The second-order valence-electron chi connectivity index (χ2n) is 4.69. The maximum Gasteiger partial charge on any atom is 0.142 e. The minimum Gasteiger partial charge on any atom is -0.245 e. The summed E-state index contributed by atoms with van der Waals surface area (Å²) < 4.78 is 2.22. The average Bonchev–Trinajstić information content (AvgIpc) is 2.09. The van der Waals surface area contributed by atoms with Gasteiger partial charge in [0.1, 0.15) is 20.3 Å². The maximum atomic E-state index is 2.41. The monoisotopic (exact) mass is 182 g/mol. The highest BCUT2D eigenvalue weighted by atomic mass is 14.9. The van der Waals surface area contributed by atoms with Crippen LogP contribution in [-0.2, 0) is 0 Å². The van der Waals surface area contributed by atoms with Gasteiger partial charge in [0.2, 0.25) is 0 Å². The predicted molar refractivity (Wildman–Crippen MR) is 58.4 cm³/mol. The second kappa shape index (κ2) is 4.26. The minimum absolute atomic E-state index is 0.838. The van der Waals surface area contributed by atoms with Gasteiger partial charge in [-0.3, -0.25) is 0 Å². The van der Waals surface area contributed by atoms with Gasteiger partial charge in [-0.25, -0.2) is 4.58 Å². The van der Waals surface area contributed by atoms with Gasteiger partial charge in [0.05, 0.1) is 0 Å². The van der Waals surface area contributed by atoms with Gasteiger partial charge in [-0.15, -0.1) is 0 Å². The first-order valence-electron chi connectivity index (χ1n) is 5.63. The molecule has 1 heteroatoms. The third-order valence-corrected chi connectivity index (χ3v) is 3.74. The van der Waals surface area contributed by atoms with E-state index in [0.29, 0.717) is 0 Å². The van der Waals surface area contributed by atoms with Crippen molar-refractivity contribution in [1.29, 1.82) is 0 Å². The van der Waals surface area contributed by atoms with Crippen molar-refractivity contribution in [3.05, 3.63) is 0 Å². The van der Waals surface area contributed by atoms with E-state index in [1.165, 1.54) is 12.8 Å². The van der Waals surface area contributed by atoms with Gasteiger partial charge in [-0.1, -0.05) is 33.6 Å². The molecule has 13 heavy (non-hydrogen) atoms. The lowest BCUT2D eigenvalue weighted by Gasteiger charge is -2.47. The van der Waals surface area contributed by atoms with E-state index in [1.54, 1.807) is 0 Å². The second-order valence-corrected chi connectivity index (χ2v) is 4.69. The van der Waals surface area contributed by atoms with E-state index in [-0.39, 0.29) is 0 Å². The van der Waals surface area contributed by atoms with Gasteiger partial charge in [0.25, 0.3) is 0 Å². The molecular weight excluding hydrogens is 158 g/mol. The smallest absolute Gasteiger partial charge is 0.142 e. The number of nitrogens with zero attached hydrogens (tertiary/aromatic N) is 1. The molecule has 1 rings (SSSR count). The Hall–Kier alpha value is -0.330. The summed E-state index contributed by atoms with van der Waals surface area (Å²) in [7, 11) is 4.28. The zero-order chi connectivity index (χ0) is 10.0. The van der Waals surface area contributed by atoms with Crippen LogP contribution in [0.5, 0.6) is 0 Å². The molecule has 0 radical (unpaired) electrons. The summed E-state index contributed by atoms with van der Waals surface area (Å²) in [6.07, 6.45) is 5.11. The molecule has 0 aromatic heterocycles. The van der Waals surface area contributed by atoms with Crippen LogP contribution in [0.25, 0.3) is 0 Å². The zero-order valence-corrected chi connectivity index (χ0v) is 9.75. The van der Waals surface area contributed by atoms with E-state index in [2.05, 4.69) is 45.7 Å². The molecule has 1 fully saturated rings. The van der Waals surface area contributed by atoms with Gasteiger partial charge >= 0.3 is 0 Å². The Morgan fingerprint density at radius 2 is 1.62 bits per heavy atom. The summed E-state index contributed by atoms with van der Waals surface area (Å²) in [5.41, 5.74) is 0. The van der Waals surface area contributed by atoms with Crippen LogP contribution in [0, 0.1) is 23.7 Å². The van der Waals surface area contributed by atoms with E-state index in [0.717, 1.165) is 23.7 Å². The fourth-order valence-electron chi connectivity index (χ4n) is 3.05. The Labute approximate surface area is 82.9 Å². The molecule has 0 spiro atoms. The Morgan fingerprint density at radius 3 is 2.00 bits per heavy atom. The SMILES string of the molecule is CCC1C(C)C(C=[N+](C)C)C1CC. The van der Waals surface area contributed by atoms with Gasteiger partial charge in [0, 0.05) is 5.92 Å². The molecule has 0 heterocycles. The molecule has 4 unspecified atom stereocenters. The third kappa shape index (κ3) is 1.95. The minimum atomic E-state index is 0.838.